The normalized spacial score (nSPS) is 24.0. The third-order valence-electron chi connectivity index (χ3n) is 12.3. The highest BCUT2D eigenvalue weighted by atomic mass is 16.8. The fraction of sp³-hybridized carbons (Fsp3) is 0.333. The molecule has 0 spiro atoms. The van der Waals surface area contributed by atoms with E-state index in [0.29, 0.717) is 18.1 Å². The highest BCUT2D eigenvalue weighted by Crippen LogP contribution is 2.37. The lowest BCUT2D eigenvalue weighted by Gasteiger charge is -2.50. The minimum Gasteiger partial charge on any atom is -0.497 e. The molecule has 10 atom stereocenters. The zero-order valence-electron chi connectivity index (χ0n) is 40.8. The molecule has 2 aliphatic heterocycles. The molecule has 6 aromatic rings. The molecule has 378 valence electrons. The standard InChI is InChI=1S/C60H66O12/c1-4-35-63-54-52(43-65-50-33-31-49(61-3)32-34-50)70-59(64-36-5-2)58(69-41-48-29-19-10-20-30-48)56(54)72-60-57(68-40-47-27-17-9-18-28-47)55(67-39-46-25-15-8-16-26-46)53(66-38-45-23-13-7-14-24-45)51(71-60)42-62-37-44-21-11-6-12-22-44/h4-34,51-60H,1-2,35-43H2,3H3/t51-,52-,53-,54-,55+,56+,57-,58-,59+,60+/m1/s1. The van der Waals surface area contributed by atoms with Crippen molar-refractivity contribution < 1.29 is 56.8 Å². The van der Waals surface area contributed by atoms with Crippen LogP contribution in [-0.2, 0) is 80.4 Å². The van der Waals surface area contributed by atoms with Gasteiger partial charge in [-0.05, 0) is 52.1 Å². The van der Waals surface area contributed by atoms with Gasteiger partial charge in [0, 0.05) is 0 Å². The van der Waals surface area contributed by atoms with Gasteiger partial charge in [-0.2, -0.15) is 0 Å². The second-order valence-electron chi connectivity index (χ2n) is 17.4. The molecule has 0 N–H and O–H groups in total. The topological polar surface area (TPSA) is 111 Å². The molecule has 2 aliphatic rings. The summed E-state index contributed by atoms with van der Waals surface area (Å²) in [4.78, 5) is 0. The van der Waals surface area contributed by atoms with E-state index in [-0.39, 0.29) is 52.9 Å². The Bertz CT molecular complexity index is 2430. The van der Waals surface area contributed by atoms with Gasteiger partial charge in [-0.15, -0.1) is 13.2 Å². The first-order valence-corrected chi connectivity index (χ1v) is 24.5. The van der Waals surface area contributed by atoms with Crippen molar-refractivity contribution in [3.05, 3.63) is 229 Å². The third kappa shape index (κ3) is 15.3. The smallest absolute Gasteiger partial charge is 0.187 e. The summed E-state index contributed by atoms with van der Waals surface area (Å²) < 4.78 is 81.0. The Balaban J connectivity index is 1.20. The van der Waals surface area contributed by atoms with Crippen LogP contribution in [-0.4, -0.2) is 94.9 Å². The first kappa shape index (κ1) is 52.3. The second kappa shape index (κ2) is 28.3. The second-order valence-corrected chi connectivity index (χ2v) is 17.4. The molecule has 0 bridgehead atoms. The van der Waals surface area contributed by atoms with Crippen molar-refractivity contribution in [3.63, 3.8) is 0 Å². The van der Waals surface area contributed by atoms with E-state index in [1.807, 2.05) is 176 Å². The average molecular weight is 979 g/mol. The summed E-state index contributed by atoms with van der Waals surface area (Å²) in [5.74, 6) is 1.31. The van der Waals surface area contributed by atoms with Crippen LogP contribution in [0.15, 0.2) is 201 Å². The summed E-state index contributed by atoms with van der Waals surface area (Å²) in [6.45, 7) is 9.72. The zero-order valence-corrected chi connectivity index (χ0v) is 40.8. The fourth-order valence-corrected chi connectivity index (χ4v) is 8.65. The van der Waals surface area contributed by atoms with Gasteiger partial charge < -0.3 is 56.8 Å². The van der Waals surface area contributed by atoms with Crippen LogP contribution in [0.3, 0.4) is 0 Å². The van der Waals surface area contributed by atoms with Crippen molar-refractivity contribution >= 4 is 0 Å². The van der Waals surface area contributed by atoms with Crippen molar-refractivity contribution in [2.45, 2.75) is 94.4 Å². The van der Waals surface area contributed by atoms with Gasteiger partial charge in [0.1, 0.15) is 66.9 Å². The molecule has 0 unspecified atom stereocenters. The van der Waals surface area contributed by atoms with Crippen molar-refractivity contribution in [3.8, 4) is 11.5 Å². The number of ether oxygens (including phenoxy) is 12. The van der Waals surface area contributed by atoms with Gasteiger partial charge >= 0.3 is 0 Å². The zero-order chi connectivity index (χ0) is 49.6. The number of benzene rings is 6. The van der Waals surface area contributed by atoms with Gasteiger partial charge in [0.05, 0.1) is 60.0 Å². The van der Waals surface area contributed by atoms with Crippen molar-refractivity contribution in [1.82, 2.24) is 0 Å². The van der Waals surface area contributed by atoms with E-state index in [4.69, 9.17) is 56.8 Å². The molecular weight excluding hydrogens is 913 g/mol. The maximum Gasteiger partial charge on any atom is 0.187 e. The quantitative estimate of drug-likeness (QED) is 0.0437. The number of hydrogen-bond donors (Lipinski definition) is 0. The van der Waals surface area contributed by atoms with E-state index in [9.17, 15) is 0 Å². The van der Waals surface area contributed by atoms with Crippen molar-refractivity contribution in [2.24, 2.45) is 0 Å². The highest BCUT2D eigenvalue weighted by Gasteiger charge is 2.55. The largest absolute Gasteiger partial charge is 0.497 e. The Morgan fingerprint density at radius 1 is 0.389 bits per heavy atom. The summed E-state index contributed by atoms with van der Waals surface area (Å²) in [7, 11) is 1.62. The first-order chi connectivity index (χ1) is 35.6. The van der Waals surface area contributed by atoms with E-state index < -0.39 is 61.4 Å². The van der Waals surface area contributed by atoms with Crippen LogP contribution in [0.1, 0.15) is 27.8 Å². The minimum atomic E-state index is -1.12. The van der Waals surface area contributed by atoms with Crippen LogP contribution in [0.5, 0.6) is 11.5 Å². The molecule has 8 rings (SSSR count). The maximum atomic E-state index is 7.47. The summed E-state index contributed by atoms with van der Waals surface area (Å²) >= 11 is 0. The molecule has 0 aliphatic carbocycles. The summed E-state index contributed by atoms with van der Waals surface area (Å²) in [6.07, 6.45) is -5.24. The van der Waals surface area contributed by atoms with E-state index in [0.717, 1.165) is 27.8 Å². The van der Waals surface area contributed by atoms with Gasteiger partial charge in [0.25, 0.3) is 0 Å². The average Bonchev–Trinajstić information content (AvgIpc) is 3.43. The van der Waals surface area contributed by atoms with Crippen LogP contribution in [0.25, 0.3) is 0 Å². The molecule has 72 heavy (non-hydrogen) atoms. The first-order valence-electron chi connectivity index (χ1n) is 24.5. The molecule has 6 aromatic carbocycles. The summed E-state index contributed by atoms with van der Waals surface area (Å²) in [6, 6.07) is 57.3. The van der Waals surface area contributed by atoms with Crippen LogP contribution in [0, 0.1) is 0 Å². The minimum absolute atomic E-state index is 0.0565. The van der Waals surface area contributed by atoms with E-state index in [2.05, 4.69) is 13.2 Å². The SMILES string of the molecule is C=CCO[C@H]1O[C@H](COc2ccc(OC)cc2)[C@@H](OCC=C)[C@H](O[C@@H]2O[C@H](COCc3ccccc3)[C@@H](OCc3ccccc3)[C@H](OCc3ccccc3)[C@H]2OCc2ccccc2)[C@H]1OCc1ccccc1. The number of hydrogen-bond acceptors (Lipinski definition) is 12. The van der Waals surface area contributed by atoms with E-state index in [1.54, 1.807) is 19.3 Å². The van der Waals surface area contributed by atoms with Gasteiger partial charge in [-0.3, -0.25) is 0 Å². The Morgan fingerprint density at radius 3 is 1.26 bits per heavy atom. The molecule has 2 saturated heterocycles. The fourth-order valence-electron chi connectivity index (χ4n) is 8.65. The molecule has 0 radical (unpaired) electrons. The predicted octanol–water partition coefficient (Wildman–Crippen LogP) is 10.2. The molecule has 12 nitrogen and oxygen atoms in total. The van der Waals surface area contributed by atoms with Gasteiger partial charge in [0.15, 0.2) is 12.6 Å². The van der Waals surface area contributed by atoms with Gasteiger partial charge in [-0.25, -0.2) is 0 Å². The van der Waals surface area contributed by atoms with Crippen LogP contribution >= 0.6 is 0 Å². The van der Waals surface area contributed by atoms with Crippen molar-refractivity contribution in [1.29, 1.82) is 0 Å². The lowest BCUT2D eigenvalue weighted by Crippen LogP contribution is -2.66. The predicted molar refractivity (Wildman–Crippen MR) is 273 cm³/mol. The summed E-state index contributed by atoms with van der Waals surface area (Å²) in [5.41, 5.74) is 4.86. The lowest BCUT2D eigenvalue weighted by molar-refractivity contribution is -0.376. The van der Waals surface area contributed by atoms with E-state index in [1.165, 1.54) is 0 Å². The summed E-state index contributed by atoms with van der Waals surface area (Å²) in [5, 5.41) is 0. The van der Waals surface area contributed by atoms with E-state index >= 15 is 0 Å². The molecular formula is C60H66O12. The lowest BCUT2D eigenvalue weighted by atomic mass is 9.95. The van der Waals surface area contributed by atoms with Crippen molar-refractivity contribution in [2.75, 3.05) is 33.5 Å². The van der Waals surface area contributed by atoms with Crippen LogP contribution in [0.2, 0.25) is 0 Å². The highest BCUT2D eigenvalue weighted by molar-refractivity contribution is 5.31. The Hall–Kier alpha value is -6.00. The number of rotatable bonds is 28. The molecule has 0 aromatic heterocycles. The molecule has 0 amide bonds. The third-order valence-corrected chi connectivity index (χ3v) is 12.3. The number of methoxy groups -OCH3 is 1. The maximum absolute atomic E-state index is 7.47. The van der Waals surface area contributed by atoms with Crippen LogP contribution in [0.4, 0.5) is 0 Å². The Morgan fingerprint density at radius 2 is 0.778 bits per heavy atom. The molecule has 0 saturated carbocycles. The monoisotopic (exact) mass is 978 g/mol. The Kier molecular flexibility index (Phi) is 20.6. The van der Waals surface area contributed by atoms with Gasteiger partial charge in [0.2, 0.25) is 0 Å². The molecule has 2 heterocycles. The molecule has 12 heteroatoms. The van der Waals surface area contributed by atoms with Crippen LogP contribution < -0.4 is 9.47 Å². The molecule has 2 fully saturated rings. The Labute approximate surface area is 423 Å². The van der Waals surface area contributed by atoms with Gasteiger partial charge in [-0.1, -0.05) is 164 Å².